The standard InChI is InChI=1S/C36H45N5O7S2/c1-38-20-25-17-26(21-38)41(25)49(43,44)36-19-31(36)30-18-27(47-2)9-11-28(30)34-33(23-6-4-3-5-7-23)29-10-8-24(16-32(29)40(34)22-36)35(42)37-50(45,46)39-12-14-48-15-13-39/h8-11,16,18,23,25-26,31H,3-7,12-15,17,19-22H2,1-2H3,(H,37,42). The molecule has 2 saturated carbocycles. The number of ether oxygens (including phenoxy) is 2. The lowest BCUT2D eigenvalue weighted by Gasteiger charge is -2.55. The molecule has 12 nitrogen and oxygen atoms in total. The Morgan fingerprint density at radius 3 is 2.44 bits per heavy atom. The van der Waals surface area contributed by atoms with Crippen LogP contribution in [0, 0.1) is 0 Å². The number of likely N-dealkylation sites (tertiary alicyclic amines) is 1. The van der Waals surface area contributed by atoms with Gasteiger partial charge in [0.1, 0.15) is 10.5 Å². The second kappa shape index (κ2) is 11.8. The molecule has 4 unspecified atom stereocenters. The van der Waals surface area contributed by atoms with E-state index in [0.717, 1.165) is 72.9 Å². The van der Waals surface area contributed by atoms with Crippen LogP contribution >= 0.6 is 0 Å². The molecular formula is C36H45N5O7S2. The van der Waals surface area contributed by atoms with E-state index in [-0.39, 0.29) is 62.3 Å². The molecule has 5 fully saturated rings. The lowest BCUT2D eigenvalue weighted by Crippen LogP contribution is -2.71. The number of piperidine rings is 1. The number of rotatable bonds is 7. The van der Waals surface area contributed by atoms with Crippen LogP contribution in [0.4, 0.5) is 0 Å². The normalized spacial score (nSPS) is 29.0. The summed E-state index contributed by atoms with van der Waals surface area (Å²) in [6, 6.07) is 11.5. The van der Waals surface area contributed by atoms with E-state index in [0.29, 0.717) is 12.2 Å². The van der Waals surface area contributed by atoms with Gasteiger partial charge in [-0.15, -0.1) is 0 Å². The fourth-order valence-electron chi connectivity index (χ4n) is 9.85. The lowest BCUT2D eigenvalue weighted by atomic mass is 9.81. The number of sulfonamides is 1. The number of nitrogens with zero attached hydrogens (tertiary/aromatic N) is 4. The number of piperazine rings is 1. The van der Waals surface area contributed by atoms with Gasteiger partial charge in [-0.25, -0.2) is 13.1 Å². The van der Waals surface area contributed by atoms with Gasteiger partial charge in [0.15, 0.2) is 0 Å². The molecule has 14 heteroatoms. The molecule has 3 aromatic rings. The van der Waals surface area contributed by atoms with E-state index in [4.69, 9.17) is 9.47 Å². The fourth-order valence-corrected chi connectivity index (χ4v) is 13.6. The van der Waals surface area contributed by atoms with Gasteiger partial charge in [-0.1, -0.05) is 25.3 Å². The number of hydrogen-bond acceptors (Lipinski definition) is 8. The summed E-state index contributed by atoms with van der Waals surface area (Å²) in [5.41, 5.74) is 5.23. The first kappa shape index (κ1) is 32.9. The Kier molecular flexibility index (Phi) is 7.73. The molecule has 9 rings (SSSR count). The second-order valence-electron chi connectivity index (χ2n) is 15.2. The Morgan fingerprint density at radius 1 is 0.980 bits per heavy atom. The number of hydrogen-bond donors (Lipinski definition) is 1. The molecule has 6 aliphatic rings. The molecule has 2 aliphatic carbocycles. The van der Waals surface area contributed by atoms with Crippen LogP contribution in [-0.2, 0) is 31.5 Å². The number of amides is 1. The average molecular weight is 724 g/mol. The van der Waals surface area contributed by atoms with Gasteiger partial charge in [0.25, 0.3) is 5.91 Å². The predicted octanol–water partition coefficient (Wildman–Crippen LogP) is 3.63. The summed E-state index contributed by atoms with van der Waals surface area (Å²) in [5, 5.41) is 0.996. The zero-order valence-electron chi connectivity index (χ0n) is 28.6. The van der Waals surface area contributed by atoms with Crippen molar-refractivity contribution >= 4 is 37.0 Å². The van der Waals surface area contributed by atoms with Crippen LogP contribution < -0.4 is 9.46 Å². The summed E-state index contributed by atoms with van der Waals surface area (Å²) in [4.78, 5) is 15.9. The van der Waals surface area contributed by atoms with E-state index in [9.17, 15) is 13.2 Å². The van der Waals surface area contributed by atoms with Crippen molar-refractivity contribution in [1.82, 2.24) is 22.8 Å². The van der Waals surface area contributed by atoms with E-state index in [1.807, 2.05) is 22.5 Å². The van der Waals surface area contributed by atoms with Crippen molar-refractivity contribution in [2.45, 2.75) is 80.2 Å². The number of likely N-dealkylation sites (N-methyl/N-ethyl adjacent to an activating group) is 1. The second-order valence-corrected chi connectivity index (χ2v) is 19.1. The van der Waals surface area contributed by atoms with Crippen molar-refractivity contribution in [3.8, 4) is 17.0 Å². The van der Waals surface area contributed by atoms with Crippen LogP contribution in [0.3, 0.4) is 0 Å². The third-order valence-corrected chi connectivity index (χ3v) is 16.6. The number of morpholine rings is 1. The van der Waals surface area contributed by atoms with Crippen LogP contribution in [0.15, 0.2) is 36.4 Å². The van der Waals surface area contributed by atoms with E-state index >= 15 is 8.42 Å². The molecular weight excluding hydrogens is 679 g/mol. The Labute approximate surface area is 293 Å². The monoisotopic (exact) mass is 723 g/mol. The van der Waals surface area contributed by atoms with Gasteiger partial charge >= 0.3 is 10.2 Å². The first-order valence-electron chi connectivity index (χ1n) is 18.0. The van der Waals surface area contributed by atoms with Crippen molar-refractivity contribution < 1.29 is 31.1 Å². The van der Waals surface area contributed by atoms with Gasteiger partial charge in [-0.3, -0.25) is 4.79 Å². The molecule has 4 aliphatic heterocycles. The van der Waals surface area contributed by atoms with Crippen molar-refractivity contribution in [2.75, 3.05) is 53.6 Å². The SMILES string of the molecule is COc1ccc2c(c1)C1CC1(S(=O)(=O)N1C3CC1CN(C)C3)Cn1c-2c(C2CCCCC2)c2ccc(C(=O)NS(=O)(=O)N3CCOCC3)cc21. The largest absolute Gasteiger partial charge is 0.497 e. The topological polar surface area (TPSA) is 130 Å². The number of fused-ring (bicyclic) bond motifs is 9. The molecule has 50 heavy (non-hydrogen) atoms. The summed E-state index contributed by atoms with van der Waals surface area (Å²) in [7, 11) is -4.11. The maximum absolute atomic E-state index is 15.0. The van der Waals surface area contributed by atoms with Gasteiger partial charge < -0.3 is 18.9 Å². The Morgan fingerprint density at radius 2 is 1.72 bits per heavy atom. The molecule has 2 aromatic carbocycles. The molecule has 3 saturated heterocycles. The van der Waals surface area contributed by atoms with Crippen LogP contribution in [0.1, 0.15) is 78.3 Å². The van der Waals surface area contributed by atoms with Crippen LogP contribution in [-0.4, -0.2) is 111 Å². The molecule has 5 heterocycles. The molecule has 4 atom stereocenters. The fraction of sp³-hybridized carbons (Fsp3) is 0.583. The highest BCUT2D eigenvalue weighted by Crippen LogP contribution is 2.65. The predicted molar refractivity (Wildman–Crippen MR) is 189 cm³/mol. The molecule has 0 radical (unpaired) electrons. The summed E-state index contributed by atoms with van der Waals surface area (Å²) in [6.07, 6.45) is 6.92. The van der Waals surface area contributed by atoms with Crippen molar-refractivity contribution in [3.63, 3.8) is 0 Å². The minimum Gasteiger partial charge on any atom is -0.497 e. The number of aromatic nitrogens is 1. The quantitative estimate of drug-likeness (QED) is 0.392. The van der Waals surface area contributed by atoms with Crippen molar-refractivity contribution in [1.29, 1.82) is 0 Å². The van der Waals surface area contributed by atoms with Crippen LogP contribution in [0.5, 0.6) is 5.75 Å². The minimum absolute atomic E-state index is 0.0187. The highest BCUT2D eigenvalue weighted by molar-refractivity contribution is 7.91. The first-order chi connectivity index (χ1) is 24.0. The molecule has 2 bridgehead atoms. The maximum atomic E-state index is 15.0. The summed E-state index contributed by atoms with van der Waals surface area (Å²) >= 11 is 0. The highest BCUT2D eigenvalue weighted by atomic mass is 32.2. The third-order valence-electron chi connectivity index (χ3n) is 12.4. The molecule has 1 aromatic heterocycles. The summed E-state index contributed by atoms with van der Waals surface area (Å²) in [6.45, 7) is 2.63. The van der Waals surface area contributed by atoms with E-state index in [1.165, 1.54) is 16.3 Å². The van der Waals surface area contributed by atoms with Crippen LogP contribution in [0.25, 0.3) is 22.2 Å². The minimum atomic E-state index is -4.07. The van der Waals surface area contributed by atoms with Gasteiger partial charge in [0.05, 0.1) is 26.0 Å². The number of methoxy groups -OCH3 is 1. The van der Waals surface area contributed by atoms with E-state index in [1.54, 1.807) is 19.2 Å². The number of carbonyl (C=O) groups is 1. The highest BCUT2D eigenvalue weighted by Gasteiger charge is 2.70. The Bertz CT molecular complexity index is 2090. The zero-order chi connectivity index (χ0) is 34.6. The van der Waals surface area contributed by atoms with E-state index < -0.39 is 30.9 Å². The number of carbonyl (C=O) groups excluding carboxylic acids is 1. The van der Waals surface area contributed by atoms with Crippen molar-refractivity contribution in [2.24, 2.45) is 0 Å². The zero-order valence-corrected chi connectivity index (χ0v) is 30.3. The maximum Gasteiger partial charge on any atom is 0.304 e. The van der Waals surface area contributed by atoms with Gasteiger partial charge in [-0.05, 0) is 80.1 Å². The van der Waals surface area contributed by atoms with Gasteiger partial charge in [0, 0.05) is 72.8 Å². The van der Waals surface area contributed by atoms with Gasteiger partial charge in [0.2, 0.25) is 10.0 Å². The third kappa shape index (κ3) is 4.92. The smallest absolute Gasteiger partial charge is 0.304 e. The van der Waals surface area contributed by atoms with Gasteiger partial charge in [-0.2, -0.15) is 17.0 Å². The molecule has 0 spiro atoms. The number of benzene rings is 2. The van der Waals surface area contributed by atoms with Crippen molar-refractivity contribution in [3.05, 3.63) is 53.1 Å². The van der Waals surface area contributed by atoms with E-state index in [2.05, 4.69) is 27.3 Å². The molecule has 268 valence electrons. The molecule has 1 N–H and O–H groups in total. The molecule has 1 amide bonds. The first-order valence-corrected chi connectivity index (χ1v) is 20.9. The summed E-state index contributed by atoms with van der Waals surface area (Å²) in [5.74, 6) is 0.0757. The Hall–Kier alpha value is -3.01. The lowest BCUT2D eigenvalue weighted by molar-refractivity contribution is 0.00432. The van der Waals surface area contributed by atoms with Crippen LogP contribution in [0.2, 0.25) is 0 Å². The average Bonchev–Trinajstić information content (AvgIpc) is 3.79. The summed E-state index contributed by atoms with van der Waals surface area (Å²) < 4.78 is 73.8. The number of nitrogens with one attached hydrogen (secondary N) is 1. The Balaban J connectivity index is 1.21.